The van der Waals surface area contributed by atoms with Crippen molar-refractivity contribution in [3.63, 3.8) is 0 Å². The van der Waals surface area contributed by atoms with Crippen molar-refractivity contribution in [2.75, 3.05) is 6.61 Å². The van der Waals surface area contributed by atoms with Crippen LogP contribution in [-0.4, -0.2) is 32.8 Å². The van der Waals surface area contributed by atoms with E-state index in [2.05, 4.69) is 20.5 Å². The van der Waals surface area contributed by atoms with Crippen LogP contribution in [0.3, 0.4) is 0 Å². The number of amides is 1. The van der Waals surface area contributed by atoms with Crippen LogP contribution in [0.5, 0.6) is 0 Å². The van der Waals surface area contributed by atoms with Gasteiger partial charge in [-0.15, -0.1) is 0 Å². The first kappa shape index (κ1) is 20.8. The molecule has 2 aromatic heterocycles. The number of aromatic nitrogens is 3. The first-order valence-corrected chi connectivity index (χ1v) is 9.69. The van der Waals surface area contributed by atoms with Crippen LogP contribution in [-0.2, 0) is 0 Å². The quantitative estimate of drug-likeness (QED) is 0.355. The minimum atomic E-state index is -1.06. The summed E-state index contributed by atoms with van der Waals surface area (Å²) in [4.78, 5) is 15.5. The molecule has 1 atom stereocenters. The molecule has 4 N–H and O–H groups in total. The number of H-pyrrole nitrogens is 2. The van der Waals surface area contributed by atoms with E-state index in [-0.39, 0.29) is 11.3 Å². The first-order chi connectivity index (χ1) is 15.0. The summed E-state index contributed by atoms with van der Waals surface area (Å²) in [6.07, 6.45) is 3.31. The fraction of sp³-hybridized carbons (Fsp3) is 0.0909. The van der Waals surface area contributed by atoms with Gasteiger partial charge in [0.25, 0.3) is 5.91 Å². The number of carbonyl (C=O) groups excluding carboxylic acids is 1. The second-order valence-electron chi connectivity index (χ2n) is 6.85. The molecular formula is C22H17ClF2N4O2. The number of benzene rings is 2. The maximum atomic E-state index is 13.5. The Labute approximate surface area is 180 Å². The molecule has 0 aliphatic carbocycles. The molecule has 4 aromatic rings. The monoisotopic (exact) mass is 442 g/mol. The van der Waals surface area contributed by atoms with Crippen LogP contribution >= 0.6 is 11.6 Å². The molecule has 1 unspecified atom stereocenters. The van der Waals surface area contributed by atoms with E-state index < -0.39 is 30.2 Å². The number of nitrogens with one attached hydrogen (secondary N) is 3. The summed E-state index contributed by atoms with van der Waals surface area (Å²) in [5.41, 5.74) is 3.52. The maximum Gasteiger partial charge on any atom is 0.268 e. The van der Waals surface area contributed by atoms with E-state index >= 15 is 0 Å². The number of aliphatic hydroxyl groups is 1. The summed E-state index contributed by atoms with van der Waals surface area (Å²) >= 11 is 6.08. The zero-order valence-corrected chi connectivity index (χ0v) is 16.8. The van der Waals surface area contributed by atoms with Gasteiger partial charge < -0.3 is 15.4 Å². The van der Waals surface area contributed by atoms with Crippen LogP contribution in [0.2, 0.25) is 5.02 Å². The lowest BCUT2D eigenvalue weighted by atomic mass is 10.0. The highest BCUT2D eigenvalue weighted by molar-refractivity contribution is 6.30. The third-order valence-corrected chi connectivity index (χ3v) is 5.06. The van der Waals surface area contributed by atoms with Gasteiger partial charge in [-0.25, -0.2) is 8.78 Å². The molecule has 0 saturated carbocycles. The van der Waals surface area contributed by atoms with Crippen molar-refractivity contribution in [1.82, 2.24) is 20.5 Å². The number of aliphatic hydroxyl groups excluding tert-OH is 1. The van der Waals surface area contributed by atoms with Crippen molar-refractivity contribution in [1.29, 1.82) is 0 Å². The number of rotatable bonds is 6. The molecule has 0 aliphatic rings. The molecule has 6 nitrogen and oxygen atoms in total. The summed E-state index contributed by atoms with van der Waals surface area (Å²) in [6.45, 7) is -0.482. The Kier molecular flexibility index (Phi) is 5.83. The van der Waals surface area contributed by atoms with Gasteiger partial charge in [-0.1, -0.05) is 29.8 Å². The second-order valence-corrected chi connectivity index (χ2v) is 7.29. The standard InChI is InChI=1S/C22H17ClF2N4O2/c23-15-3-1-2-12(6-15)16-10-27-29-21(16)14-8-19(26-9-14)22(31)28-20(11-30)13-4-5-17(24)18(25)7-13/h1-10,20,26,30H,11H2,(H,27,29)(H,28,31). The number of hydrogen-bond acceptors (Lipinski definition) is 3. The summed E-state index contributed by atoms with van der Waals surface area (Å²) < 4.78 is 26.7. The Balaban J connectivity index is 1.56. The van der Waals surface area contributed by atoms with Crippen molar-refractivity contribution in [3.8, 4) is 22.4 Å². The molecule has 31 heavy (non-hydrogen) atoms. The predicted molar refractivity (Wildman–Crippen MR) is 112 cm³/mol. The van der Waals surface area contributed by atoms with Crippen molar-refractivity contribution >= 4 is 17.5 Å². The van der Waals surface area contributed by atoms with Crippen LogP contribution in [0.25, 0.3) is 22.4 Å². The number of nitrogens with zero attached hydrogens (tertiary/aromatic N) is 1. The number of carbonyl (C=O) groups is 1. The lowest BCUT2D eigenvalue weighted by Gasteiger charge is -2.16. The summed E-state index contributed by atoms with van der Waals surface area (Å²) in [5.74, 6) is -2.57. The predicted octanol–water partition coefficient (Wildman–Crippen LogP) is 4.47. The largest absolute Gasteiger partial charge is 0.394 e. The zero-order valence-electron chi connectivity index (χ0n) is 16.0. The SMILES string of the molecule is O=C(NC(CO)c1ccc(F)c(F)c1)c1cc(-c2[nH]ncc2-c2cccc(Cl)c2)c[nH]1. The van der Waals surface area contributed by atoms with Gasteiger partial charge in [-0.3, -0.25) is 9.89 Å². The Morgan fingerprint density at radius 1 is 1.13 bits per heavy atom. The third kappa shape index (κ3) is 4.35. The van der Waals surface area contributed by atoms with Gasteiger partial charge in [0, 0.05) is 22.3 Å². The van der Waals surface area contributed by atoms with Crippen LogP contribution < -0.4 is 5.32 Å². The Bertz CT molecular complexity index is 1240. The van der Waals surface area contributed by atoms with E-state index in [1.54, 1.807) is 24.5 Å². The second kappa shape index (κ2) is 8.71. The normalized spacial score (nSPS) is 12.0. The molecule has 2 heterocycles. The van der Waals surface area contributed by atoms with Gasteiger partial charge in [0.2, 0.25) is 0 Å². The van der Waals surface area contributed by atoms with Crippen LogP contribution in [0, 0.1) is 11.6 Å². The average Bonchev–Trinajstić information content (AvgIpc) is 3.43. The molecule has 2 aromatic carbocycles. The molecule has 0 radical (unpaired) electrons. The summed E-state index contributed by atoms with van der Waals surface area (Å²) in [6, 6.07) is 11.2. The van der Waals surface area contributed by atoms with E-state index in [0.29, 0.717) is 16.3 Å². The molecule has 158 valence electrons. The van der Waals surface area contributed by atoms with Gasteiger partial charge in [0.15, 0.2) is 11.6 Å². The van der Waals surface area contributed by atoms with E-state index in [1.807, 2.05) is 18.2 Å². The highest BCUT2D eigenvalue weighted by Gasteiger charge is 2.19. The van der Waals surface area contributed by atoms with E-state index in [1.165, 1.54) is 6.07 Å². The van der Waals surface area contributed by atoms with Crippen molar-refractivity contribution in [2.24, 2.45) is 0 Å². The molecule has 1 amide bonds. The molecule has 0 bridgehead atoms. The number of halogens is 3. The third-order valence-electron chi connectivity index (χ3n) is 4.83. The van der Waals surface area contributed by atoms with Crippen molar-refractivity contribution in [3.05, 3.63) is 88.8 Å². The smallest absolute Gasteiger partial charge is 0.268 e. The molecule has 0 fully saturated rings. The lowest BCUT2D eigenvalue weighted by molar-refractivity contribution is 0.0911. The van der Waals surface area contributed by atoms with Gasteiger partial charge in [-0.05, 0) is 41.5 Å². The minimum Gasteiger partial charge on any atom is -0.394 e. The Morgan fingerprint density at radius 3 is 2.71 bits per heavy atom. The lowest BCUT2D eigenvalue weighted by Crippen LogP contribution is -2.31. The van der Waals surface area contributed by atoms with E-state index in [0.717, 1.165) is 23.3 Å². The van der Waals surface area contributed by atoms with Gasteiger partial charge in [-0.2, -0.15) is 5.10 Å². The maximum absolute atomic E-state index is 13.5. The van der Waals surface area contributed by atoms with Crippen molar-refractivity contribution in [2.45, 2.75) is 6.04 Å². The fourth-order valence-electron chi connectivity index (χ4n) is 3.25. The van der Waals surface area contributed by atoms with Gasteiger partial charge in [0.1, 0.15) is 5.69 Å². The minimum absolute atomic E-state index is 0.225. The highest BCUT2D eigenvalue weighted by atomic mass is 35.5. The van der Waals surface area contributed by atoms with Crippen LogP contribution in [0.1, 0.15) is 22.1 Å². The van der Waals surface area contributed by atoms with Crippen LogP contribution in [0.4, 0.5) is 8.78 Å². The Morgan fingerprint density at radius 2 is 1.97 bits per heavy atom. The van der Waals surface area contributed by atoms with Gasteiger partial charge >= 0.3 is 0 Å². The molecule has 4 rings (SSSR count). The molecule has 0 saturated heterocycles. The van der Waals surface area contributed by atoms with Crippen LogP contribution in [0.15, 0.2) is 60.9 Å². The number of aromatic amines is 2. The molecule has 9 heteroatoms. The molecular weight excluding hydrogens is 426 g/mol. The number of hydrogen-bond donors (Lipinski definition) is 4. The van der Waals surface area contributed by atoms with E-state index in [4.69, 9.17) is 11.6 Å². The van der Waals surface area contributed by atoms with Gasteiger partial charge in [0.05, 0.1) is 24.5 Å². The van der Waals surface area contributed by atoms with E-state index in [9.17, 15) is 18.7 Å². The topological polar surface area (TPSA) is 93.8 Å². The Hall–Kier alpha value is -3.49. The summed E-state index contributed by atoms with van der Waals surface area (Å²) in [7, 11) is 0. The zero-order chi connectivity index (χ0) is 22.0. The fourth-order valence-corrected chi connectivity index (χ4v) is 3.44. The molecule has 0 spiro atoms. The highest BCUT2D eigenvalue weighted by Crippen LogP contribution is 2.31. The average molecular weight is 443 g/mol. The summed E-state index contributed by atoms with van der Waals surface area (Å²) in [5, 5.41) is 19.8. The van der Waals surface area contributed by atoms with Crippen molar-refractivity contribution < 1.29 is 18.7 Å². The molecule has 0 aliphatic heterocycles. The first-order valence-electron chi connectivity index (χ1n) is 9.31.